The number of rotatable bonds is 4. The highest BCUT2D eigenvalue weighted by Crippen LogP contribution is 2.25. The van der Waals surface area contributed by atoms with Gasteiger partial charge in [0.25, 0.3) is 5.91 Å². The standard InChI is InChI=1S/C15H14INO3/c1-19-12-7-8-14(20-2)13(9-12)15(18)17-11-5-3-10(16)4-6-11/h3-9H,1-2H3,(H,17,18). The summed E-state index contributed by atoms with van der Waals surface area (Å²) in [6, 6.07) is 12.7. The molecule has 0 spiro atoms. The fraction of sp³-hybridized carbons (Fsp3) is 0.133. The summed E-state index contributed by atoms with van der Waals surface area (Å²) in [6.45, 7) is 0. The molecule has 0 aliphatic rings. The Morgan fingerprint density at radius 1 is 1.05 bits per heavy atom. The van der Waals surface area contributed by atoms with Gasteiger partial charge in [0.2, 0.25) is 0 Å². The molecule has 0 saturated carbocycles. The van der Waals surface area contributed by atoms with Gasteiger partial charge in [-0.2, -0.15) is 0 Å². The van der Waals surface area contributed by atoms with Crippen LogP contribution >= 0.6 is 22.6 Å². The molecule has 0 atom stereocenters. The van der Waals surface area contributed by atoms with Gasteiger partial charge in [-0.05, 0) is 65.1 Å². The minimum Gasteiger partial charge on any atom is -0.497 e. The van der Waals surface area contributed by atoms with E-state index in [9.17, 15) is 4.79 Å². The molecular weight excluding hydrogens is 369 g/mol. The lowest BCUT2D eigenvalue weighted by atomic mass is 10.1. The molecule has 2 aromatic carbocycles. The molecule has 0 aliphatic heterocycles. The zero-order chi connectivity index (χ0) is 14.5. The van der Waals surface area contributed by atoms with Crippen molar-refractivity contribution in [1.29, 1.82) is 0 Å². The van der Waals surface area contributed by atoms with Gasteiger partial charge < -0.3 is 14.8 Å². The number of hydrogen-bond acceptors (Lipinski definition) is 3. The third-order valence-electron chi connectivity index (χ3n) is 2.75. The van der Waals surface area contributed by atoms with Crippen LogP contribution in [0.3, 0.4) is 0 Å². The van der Waals surface area contributed by atoms with E-state index in [1.807, 2.05) is 24.3 Å². The number of amides is 1. The predicted octanol–water partition coefficient (Wildman–Crippen LogP) is 3.56. The van der Waals surface area contributed by atoms with Gasteiger partial charge in [0.15, 0.2) is 0 Å². The average Bonchev–Trinajstić information content (AvgIpc) is 2.48. The maximum Gasteiger partial charge on any atom is 0.259 e. The Hall–Kier alpha value is -1.76. The van der Waals surface area contributed by atoms with Crippen LogP contribution in [0.4, 0.5) is 5.69 Å². The highest BCUT2D eigenvalue weighted by molar-refractivity contribution is 14.1. The van der Waals surface area contributed by atoms with Crippen molar-refractivity contribution < 1.29 is 14.3 Å². The van der Waals surface area contributed by atoms with Crippen molar-refractivity contribution in [3.05, 3.63) is 51.6 Å². The minimum atomic E-state index is -0.234. The van der Waals surface area contributed by atoms with Crippen LogP contribution < -0.4 is 14.8 Å². The van der Waals surface area contributed by atoms with E-state index in [4.69, 9.17) is 9.47 Å². The predicted molar refractivity (Wildman–Crippen MR) is 86.7 cm³/mol. The number of benzene rings is 2. The van der Waals surface area contributed by atoms with Crippen molar-refractivity contribution in [3.63, 3.8) is 0 Å². The van der Waals surface area contributed by atoms with Crippen molar-refractivity contribution in [2.75, 3.05) is 19.5 Å². The lowest BCUT2D eigenvalue weighted by Crippen LogP contribution is -2.13. The highest BCUT2D eigenvalue weighted by atomic mass is 127. The first-order chi connectivity index (χ1) is 9.63. The molecule has 104 valence electrons. The van der Waals surface area contributed by atoms with Crippen LogP contribution in [0.5, 0.6) is 11.5 Å². The number of nitrogens with one attached hydrogen (secondary N) is 1. The largest absolute Gasteiger partial charge is 0.497 e. The second kappa shape index (κ2) is 6.60. The fourth-order valence-corrected chi connectivity index (χ4v) is 2.08. The van der Waals surface area contributed by atoms with Gasteiger partial charge in [-0.1, -0.05) is 0 Å². The molecule has 2 aromatic rings. The van der Waals surface area contributed by atoms with Crippen molar-refractivity contribution in [2.24, 2.45) is 0 Å². The molecule has 0 radical (unpaired) electrons. The Bertz CT molecular complexity index is 611. The summed E-state index contributed by atoms with van der Waals surface area (Å²) in [5, 5.41) is 2.83. The molecule has 0 fully saturated rings. The Kier molecular flexibility index (Phi) is 4.84. The van der Waals surface area contributed by atoms with E-state index in [1.165, 1.54) is 7.11 Å². The molecule has 0 heterocycles. The van der Waals surface area contributed by atoms with Crippen LogP contribution in [0, 0.1) is 3.57 Å². The molecule has 20 heavy (non-hydrogen) atoms. The summed E-state index contributed by atoms with van der Waals surface area (Å²) in [6.07, 6.45) is 0. The monoisotopic (exact) mass is 383 g/mol. The number of carbonyl (C=O) groups is 1. The Balaban J connectivity index is 2.25. The first kappa shape index (κ1) is 14.6. The SMILES string of the molecule is COc1ccc(OC)c(C(=O)Nc2ccc(I)cc2)c1. The third-order valence-corrected chi connectivity index (χ3v) is 3.47. The zero-order valence-electron chi connectivity index (χ0n) is 11.1. The Morgan fingerprint density at radius 2 is 1.75 bits per heavy atom. The normalized spacial score (nSPS) is 9.95. The first-order valence-corrected chi connectivity index (χ1v) is 7.01. The zero-order valence-corrected chi connectivity index (χ0v) is 13.3. The van der Waals surface area contributed by atoms with Gasteiger partial charge >= 0.3 is 0 Å². The molecule has 5 heteroatoms. The van der Waals surface area contributed by atoms with Gasteiger partial charge in [0, 0.05) is 9.26 Å². The number of carbonyl (C=O) groups excluding carboxylic acids is 1. The third kappa shape index (κ3) is 3.41. The number of halogens is 1. The van der Waals surface area contributed by atoms with Gasteiger partial charge in [0.05, 0.1) is 19.8 Å². The summed E-state index contributed by atoms with van der Waals surface area (Å²) >= 11 is 2.21. The molecule has 0 bridgehead atoms. The molecule has 0 aromatic heterocycles. The second-order valence-corrected chi connectivity index (χ2v) is 5.27. The van der Waals surface area contributed by atoms with Crippen LogP contribution in [0.25, 0.3) is 0 Å². The van der Waals surface area contributed by atoms with E-state index in [0.29, 0.717) is 17.1 Å². The van der Waals surface area contributed by atoms with Gasteiger partial charge in [0.1, 0.15) is 11.5 Å². The summed E-state index contributed by atoms with van der Waals surface area (Å²) in [7, 11) is 3.09. The van der Waals surface area contributed by atoms with Crippen LogP contribution in [0.2, 0.25) is 0 Å². The van der Waals surface area contributed by atoms with Crippen molar-refractivity contribution in [1.82, 2.24) is 0 Å². The first-order valence-electron chi connectivity index (χ1n) is 5.93. The van der Waals surface area contributed by atoms with E-state index in [1.54, 1.807) is 25.3 Å². The maximum absolute atomic E-state index is 12.3. The molecular formula is C15H14INO3. The fourth-order valence-electron chi connectivity index (χ4n) is 1.72. The smallest absolute Gasteiger partial charge is 0.259 e. The number of hydrogen-bond donors (Lipinski definition) is 1. The lowest BCUT2D eigenvalue weighted by Gasteiger charge is -2.11. The van der Waals surface area contributed by atoms with Crippen LogP contribution in [0.1, 0.15) is 10.4 Å². The maximum atomic E-state index is 12.3. The van der Waals surface area contributed by atoms with E-state index < -0.39 is 0 Å². The average molecular weight is 383 g/mol. The van der Waals surface area contributed by atoms with E-state index in [-0.39, 0.29) is 5.91 Å². The van der Waals surface area contributed by atoms with Gasteiger partial charge in [-0.15, -0.1) is 0 Å². The van der Waals surface area contributed by atoms with Gasteiger partial charge in [-0.25, -0.2) is 0 Å². The van der Waals surface area contributed by atoms with Gasteiger partial charge in [-0.3, -0.25) is 4.79 Å². The van der Waals surface area contributed by atoms with Crippen molar-refractivity contribution >= 4 is 34.2 Å². The van der Waals surface area contributed by atoms with Crippen molar-refractivity contribution in [3.8, 4) is 11.5 Å². The Labute approximate surface area is 131 Å². The molecule has 2 rings (SSSR count). The molecule has 1 N–H and O–H groups in total. The van der Waals surface area contributed by atoms with E-state index in [0.717, 1.165) is 9.26 Å². The topological polar surface area (TPSA) is 47.6 Å². The lowest BCUT2D eigenvalue weighted by molar-refractivity contribution is 0.102. The number of ether oxygens (including phenoxy) is 2. The van der Waals surface area contributed by atoms with E-state index >= 15 is 0 Å². The van der Waals surface area contributed by atoms with E-state index in [2.05, 4.69) is 27.9 Å². The van der Waals surface area contributed by atoms with Crippen molar-refractivity contribution in [2.45, 2.75) is 0 Å². The molecule has 0 saturated heterocycles. The number of anilines is 1. The highest BCUT2D eigenvalue weighted by Gasteiger charge is 2.13. The summed E-state index contributed by atoms with van der Waals surface area (Å²) < 4.78 is 11.4. The minimum absolute atomic E-state index is 0.234. The van der Waals surface area contributed by atoms with Crippen LogP contribution in [-0.4, -0.2) is 20.1 Å². The summed E-state index contributed by atoms with van der Waals surface area (Å²) in [5.41, 5.74) is 1.17. The summed E-state index contributed by atoms with van der Waals surface area (Å²) in [4.78, 5) is 12.3. The molecule has 0 aliphatic carbocycles. The number of methoxy groups -OCH3 is 2. The molecule has 4 nitrogen and oxygen atoms in total. The molecule has 0 unspecified atom stereocenters. The van der Waals surface area contributed by atoms with Crippen LogP contribution in [-0.2, 0) is 0 Å². The quantitative estimate of drug-likeness (QED) is 0.822. The Morgan fingerprint density at radius 3 is 2.35 bits per heavy atom. The second-order valence-electron chi connectivity index (χ2n) is 4.03. The summed E-state index contributed by atoms with van der Waals surface area (Å²) in [5.74, 6) is 0.884. The van der Waals surface area contributed by atoms with Crippen LogP contribution in [0.15, 0.2) is 42.5 Å². The molecule has 1 amide bonds.